The fourth-order valence-corrected chi connectivity index (χ4v) is 1.32. The van der Waals surface area contributed by atoms with E-state index in [0.29, 0.717) is 0 Å². The largest absolute Gasteiger partial charge is 0.504 e. The molecule has 0 atom stereocenters. The molecule has 0 aliphatic heterocycles. The maximum absolute atomic E-state index is 12.9. The monoisotopic (exact) mass is 236 g/mol. The van der Waals surface area contributed by atoms with Crippen LogP contribution in [0.25, 0.3) is 0 Å². The van der Waals surface area contributed by atoms with Crippen molar-refractivity contribution in [3.05, 3.63) is 16.4 Å². The smallest absolute Gasteiger partial charge is 0.176 e. The van der Waals surface area contributed by atoms with Crippen molar-refractivity contribution in [3.8, 4) is 17.2 Å². The zero-order chi connectivity index (χ0) is 9.30. The van der Waals surface area contributed by atoms with Gasteiger partial charge in [0.2, 0.25) is 0 Å². The Morgan fingerprint density at radius 1 is 1.50 bits per heavy atom. The van der Waals surface area contributed by atoms with Crippen LogP contribution >= 0.6 is 15.9 Å². The first kappa shape index (κ1) is 9.12. The number of methoxy groups -OCH3 is 1. The van der Waals surface area contributed by atoms with E-state index in [-0.39, 0.29) is 10.2 Å². The molecule has 0 saturated carbocycles. The van der Waals surface area contributed by atoms with Crippen molar-refractivity contribution >= 4 is 15.9 Å². The van der Waals surface area contributed by atoms with E-state index in [0.717, 1.165) is 6.07 Å². The van der Waals surface area contributed by atoms with Crippen LogP contribution in [0.1, 0.15) is 0 Å². The summed E-state index contributed by atoms with van der Waals surface area (Å²) in [7, 11) is 1.26. The number of phenols is 2. The summed E-state index contributed by atoms with van der Waals surface area (Å²) in [5.41, 5.74) is 0. The molecule has 1 rings (SSSR count). The van der Waals surface area contributed by atoms with Crippen molar-refractivity contribution in [2.24, 2.45) is 0 Å². The van der Waals surface area contributed by atoms with Crippen LogP contribution in [0.4, 0.5) is 4.39 Å². The number of ether oxygens (including phenoxy) is 1. The summed E-state index contributed by atoms with van der Waals surface area (Å²) in [6.45, 7) is 0. The van der Waals surface area contributed by atoms with Crippen LogP contribution in [-0.4, -0.2) is 17.3 Å². The van der Waals surface area contributed by atoms with E-state index in [1.807, 2.05) is 0 Å². The molecular formula is C7H6BrFO3. The average Bonchev–Trinajstić information content (AvgIpc) is 2.01. The van der Waals surface area contributed by atoms with Gasteiger partial charge in [-0.2, -0.15) is 0 Å². The number of benzene rings is 1. The first-order valence-corrected chi connectivity index (χ1v) is 3.81. The number of phenolic OH excluding ortho intramolecular Hbond substituents is 2. The molecule has 0 radical (unpaired) electrons. The second kappa shape index (κ2) is 3.18. The van der Waals surface area contributed by atoms with Crippen molar-refractivity contribution in [3.63, 3.8) is 0 Å². The maximum atomic E-state index is 12.9. The summed E-state index contributed by atoms with van der Waals surface area (Å²) >= 11 is 2.87. The van der Waals surface area contributed by atoms with Gasteiger partial charge in [0.15, 0.2) is 23.1 Å². The summed E-state index contributed by atoms with van der Waals surface area (Å²) in [5, 5.41) is 18.0. The summed E-state index contributed by atoms with van der Waals surface area (Å²) in [6, 6.07) is 0.777. The van der Waals surface area contributed by atoms with Gasteiger partial charge in [-0.05, 0) is 15.9 Å². The summed E-state index contributed by atoms with van der Waals surface area (Å²) < 4.78 is 17.5. The SMILES string of the molecule is COc1c(F)cc(O)c(O)c1Br. The van der Waals surface area contributed by atoms with E-state index < -0.39 is 17.3 Å². The van der Waals surface area contributed by atoms with E-state index in [2.05, 4.69) is 20.7 Å². The summed E-state index contributed by atoms with van der Waals surface area (Å²) in [5.74, 6) is -1.83. The van der Waals surface area contributed by atoms with E-state index in [9.17, 15) is 4.39 Å². The van der Waals surface area contributed by atoms with Gasteiger partial charge in [0, 0.05) is 6.07 Å². The second-order valence-corrected chi connectivity index (χ2v) is 2.87. The highest BCUT2D eigenvalue weighted by molar-refractivity contribution is 9.10. The lowest BCUT2D eigenvalue weighted by atomic mass is 10.3. The molecule has 0 amide bonds. The van der Waals surface area contributed by atoms with Crippen molar-refractivity contribution in [2.75, 3.05) is 7.11 Å². The van der Waals surface area contributed by atoms with Crippen LogP contribution in [0.5, 0.6) is 17.2 Å². The Labute approximate surface area is 76.5 Å². The molecule has 0 aliphatic rings. The van der Waals surface area contributed by atoms with Crippen LogP contribution < -0.4 is 4.74 Å². The van der Waals surface area contributed by atoms with Gasteiger partial charge in [-0.1, -0.05) is 0 Å². The van der Waals surface area contributed by atoms with Gasteiger partial charge in [0.1, 0.15) is 4.47 Å². The summed E-state index contributed by atoms with van der Waals surface area (Å²) in [4.78, 5) is 0. The zero-order valence-corrected chi connectivity index (χ0v) is 7.72. The lowest BCUT2D eigenvalue weighted by molar-refractivity contribution is 0.360. The average molecular weight is 237 g/mol. The van der Waals surface area contributed by atoms with Crippen molar-refractivity contribution in [2.45, 2.75) is 0 Å². The molecule has 5 heteroatoms. The number of aromatic hydroxyl groups is 2. The predicted molar refractivity (Wildman–Crippen MR) is 44.0 cm³/mol. The van der Waals surface area contributed by atoms with Gasteiger partial charge in [0.25, 0.3) is 0 Å². The van der Waals surface area contributed by atoms with Crippen LogP contribution in [0.2, 0.25) is 0 Å². The normalized spacial score (nSPS) is 9.92. The second-order valence-electron chi connectivity index (χ2n) is 2.07. The van der Waals surface area contributed by atoms with Gasteiger partial charge in [0.05, 0.1) is 7.11 Å². The molecule has 0 fully saturated rings. The minimum absolute atomic E-state index is 0.00231. The van der Waals surface area contributed by atoms with E-state index in [1.165, 1.54) is 7.11 Å². The van der Waals surface area contributed by atoms with Crippen LogP contribution in [0, 0.1) is 5.82 Å². The molecule has 1 aromatic rings. The number of hydrogen-bond donors (Lipinski definition) is 2. The Bertz CT molecular complexity index is 314. The molecule has 0 bridgehead atoms. The van der Waals surface area contributed by atoms with Crippen molar-refractivity contribution in [1.82, 2.24) is 0 Å². The summed E-state index contributed by atoms with van der Waals surface area (Å²) in [6.07, 6.45) is 0. The Morgan fingerprint density at radius 3 is 2.58 bits per heavy atom. The van der Waals surface area contributed by atoms with Crippen molar-refractivity contribution < 1.29 is 19.3 Å². The molecule has 0 saturated heterocycles. The first-order valence-electron chi connectivity index (χ1n) is 3.01. The standard InChI is InChI=1S/C7H6BrFO3/c1-12-7-3(9)2-4(10)6(11)5(7)8/h2,10-11H,1H3. The fraction of sp³-hybridized carbons (Fsp3) is 0.143. The quantitative estimate of drug-likeness (QED) is 0.734. The molecule has 0 heterocycles. The van der Waals surface area contributed by atoms with Crippen LogP contribution in [0.3, 0.4) is 0 Å². The number of rotatable bonds is 1. The van der Waals surface area contributed by atoms with Crippen LogP contribution in [-0.2, 0) is 0 Å². The third kappa shape index (κ3) is 1.32. The third-order valence-corrected chi connectivity index (χ3v) is 2.07. The molecule has 0 aromatic heterocycles. The minimum atomic E-state index is -0.736. The number of hydrogen-bond acceptors (Lipinski definition) is 3. The Balaban J connectivity index is 3.40. The fourth-order valence-electron chi connectivity index (χ4n) is 0.766. The van der Waals surface area contributed by atoms with E-state index >= 15 is 0 Å². The van der Waals surface area contributed by atoms with E-state index in [4.69, 9.17) is 10.2 Å². The van der Waals surface area contributed by atoms with Crippen LogP contribution in [0.15, 0.2) is 10.5 Å². The lowest BCUT2D eigenvalue weighted by Crippen LogP contribution is -1.89. The molecule has 66 valence electrons. The molecule has 3 nitrogen and oxygen atoms in total. The zero-order valence-electron chi connectivity index (χ0n) is 6.14. The highest BCUT2D eigenvalue weighted by atomic mass is 79.9. The molecule has 12 heavy (non-hydrogen) atoms. The Morgan fingerprint density at radius 2 is 2.08 bits per heavy atom. The van der Waals surface area contributed by atoms with Gasteiger partial charge in [-0.3, -0.25) is 0 Å². The molecule has 2 N–H and O–H groups in total. The third-order valence-electron chi connectivity index (χ3n) is 1.33. The van der Waals surface area contributed by atoms with Gasteiger partial charge < -0.3 is 14.9 Å². The Kier molecular flexibility index (Phi) is 2.42. The highest BCUT2D eigenvalue weighted by Gasteiger charge is 2.15. The van der Waals surface area contributed by atoms with E-state index in [1.54, 1.807) is 0 Å². The molecule has 0 spiro atoms. The Hall–Kier alpha value is -0.970. The molecular weight excluding hydrogens is 231 g/mol. The van der Waals surface area contributed by atoms with Crippen molar-refractivity contribution in [1.29, 1.82) is 0 Å². The maximum Gasteiger partial charge on any atom is 0.176 e. The molecule has 0 unspecified atom stereocenters. The number of halogens is 2. The van der Waals surface area contributed by atoms with Gasteiger partial charge in [-0.25, -0.2) is 4.39 Å². The minimum Gasteiger partial charge on any atom is -0.504 e. The lowest BCUT2D eigenvalue weighted by Gasteiger charge is -2.07. The topological polar surface area (TPSA) is 49.7 Å². The first-order chi connectivity index (χ1) is 5.57. The predicted octanol–water partition coefficient (Wildman–Crippen LogP) is 2.01. The van der Waals surface area contributed by atoms with Gasteiger partial charge in [-0.15, -0.1) is 0 Å². The highest BCUT2D eigenvalue weighted by Crippen LogP contribution is 2.41. The molecule has 0 aliphatic carbocycles. The van der Waals surface area contributed by atoms with Gasteiger partial charge >= 0.3 is 0 Å². The molecule has 1 aromatic carbocycles.